The molecule has 0 aromatic heterocycles. The minimum absolute atomic E-state index is 0.0783. The molecule has 0 fully saturated rings. The van der Waals surface area contributed by atoms with Crippen LogP contribution in [0.2, 0.25) is 0 Å². The minimum Gasteiger partial charge on any atom is -0.480 e. The van der Waals surface area contributed by atoms with Crippen LogP contribution < -0.4 is 5.32 Å². The standard InChI is InChI=1S/C13H15BrFNO3/c1-3-7(2)11(13(18)19)16-12(17)9-6-8(15)4-5-10(9)14/h4-7,11H,3H2,1-2H3,(H,16,17)(H,18,19)/t7?,11-/m0/s1. The first-order chi connectivity index (χ1) is 8.86. The van der Waals surface area contributed by atoms with Crippen molar-refractivity contribution < 1.29 is 19.1 Å². The highest BCUT2D eigenvalue weighted by atomic mass is 79.9. The van der Waals surface area contributed by atoms with Crippen LogP contribution in [0.4, 0.5) is 4.39 Å². The van der Waals surface area contributed by atoms with Crippen LogP contribution in [0.15, 0.2) is 22.7 Å². The Balaban J connectivity index is 2.94. The second kappa shape index (κ2) is 6.65. The Bertz CT molecular complexity index is 493. The third-order valence-corrected chi connectivity index (χ3v) is 3.63. The van der Waals surface area contributed by atoms with Gasteiger partial charge in [0, 0.05) is 4.47 Å². The molecule has 0 saturated heterocycles. The third kappa shape index (κ3) is 4.02. The van der Waals surface area contributed by atoms with Gasteiger partial charge in [-0.3, -0.25) is 4.79 Å². The lowest BCUT2D eigenvalue weighted by molar-refractivity contribution is -0.140. The summed E-state index contributed by atoms with van der Waals surface area (Å²) >= 11 is 3.14. The van der Waals surface area contributed by atoms with E-state index in [9.17, 15) is 14.0 Å². The molecule has 0 aliphatic carbocycles. The molecule has 2 N–H and O–H groups in total. The van der Waals surface area contributed by atoms with Gasteiger partial charge in [-0.25, -0.2) is 9.18 Å². The molecule has 0 saturated carbocycles. The molecule has 104 valence electrons. The molecule has 0 aliphatic heterocycles. The van der Waals surface area contributed by atoms with Crippen molar-refractivity contribution in [2.75, 3.05) is 0 Å². The maximum atomic E-state index is 13.1. The van der Waals surface area contributed by atoms with Gasteiger partial charge in [0.05, 0.1) is 5.56 Å². The van der Waals surface area contributed by atoms with Gasteiger partial charge >= 0.3 is 5.97 Å². The van der Waals surface area contributed by atoms with E-state index < -0.39 is 23.7 Å². The molecule has 0 spiro atoms. The number of carbonyl (C=O) groups excluding carboxylic acids is 1. The van der Waals surface area contributed by atoms with E-state index >= 15 is 0 Å². The molecule has 19 heavy (non-hydrogen) atoms. The van der Waals surface area contributed by atoms with Gasteiger partial charge in [-0.15, -0.1) is 0 Å². The molecular formula is C13H15BrFNO3. The molecule has 1 aromatic carbocycles. The van der Waals surface area contributed by atoms with Gasteiger partial charge in [0.2, 0.25) is 0 Å². The van der Waals surface area contributed by atoms with Crippen molar-refractivity contribution in [2.24, 2.45) is 5.92 Å². The lowest BCUT2D eigenvalue weighted by Gasteiger charge is -2.20. The summed E-state index contributed by atoms with van der Waals surface area (Å²) in [6.45, 7) is 3.57. The smallest absolute Gasteiger partial charge is 0.326 e. The summed E-state index contributed by atoms with van der Waals surface area (Å²) in [6.07, 6.45) is 0.613. The minimum atomic E-state index is -1.10. The predicted octanol–water partition coefficient (Wildman–Crippen LogP) is 2.82. The van der Waals surface area contributed by atoms with Gasteiger partial charge in [-0.1, -0.05) is 20.3 Å². The highest BCUT2D eigenvalue weighted by Crippen LogP contribution is 2.18. The van der Waals surface area contributed by atoms with Crippen LogP contribution in [0.1, 0.15) is 30.6 Å². The Labute approximate surface area is 119 Å². The fraction of sp³-hybridized carbons (Fsp3) is 0.385. The fourth-order valence-corrected chi connectivity index (χ4v) is 2.00. The van der Waals surface area contributed by atoms with Crippen molar-refractivity contribution >= 4 is 27.8 Å². The zero-order chi connectivity index (χ0) is 14.6. The molecular weight excluding hydrogens is 317 g/mol. The van der Waals surface area contributed by atoms with Crippen molar-refractivity contribution in [1.29, 1.82) is 0 Å². The van der Waals surface area contributed by atoms with Crippen LogP contribution in [0.5, 0.6) is 0 Å². The largest absolute Gasteiger partial charge is 0.480 e. The molecule has 1 rings (SSSR count). The number of hydrogen-bond acceptors (Lipinski definition) is 2. The van der Waals surface area contributed by atoms with Gasteiger partial charge < -0.3 is 10.4 Å². The van der Waals surface area contributed by atoms with E-state index in [-0.39, 0.29) is 11.5 Å². The van der Waals surface area contributed by atoms with E-state index in [1.54, 1.807) is 6.92 Å². The summed E-state index contributed by atoms with van der Waals surface area (Å²) < 4.78 is 13.5. The van der Waals surface area contributed by atoms with Crippen molar-refractivity contribution in [3.05, 3.63) is 34.1 Å². The number of rotatable bonds is 5. The summed E-state index contributed by atoms with van der Waals surface area (Å²) in [5.74, 6) is -2.48. The molecule has 6 heteroatoms. The zero-order valence-corrected chi connectivity index (χ0v) is 12.2. The lowest BCUT2D eigenvalue weighted by atomic mass is 9.99. The topological polar surface area (TPSA) is 66.4 Å². The molecule has 0 heterocycles. The Morgan fingerprint density at radius 1 is 1.47 bits per heavy atom. The first-order valence-electron chi connectivity index (χ1n) is 5.85. The summed E-state index contributed by atoms with van der Waals surface area (Å²) in [6, 6.07) is 2.69. The normalized spacial score (nSPS) is 13.7. The number of nitrogens with one attached hydrogen (secondary N) is 1. The average molecular weight is 332 g/mol. The molecule has 4 nitrogen and oxygen atoms in total. The van der Waals surface area contributed by atoms with Crippen LogP contribution in [-0.2, 0) is 4.79 Å². The fourth-order valence-electron chi connectivity index (χ4n) is 1.57. The lowest BCUT2D eigenvalue weighted by Crippen LogP contribution is -2.45. The highest BCUT2D eigenvalue weighted by Gasteiger charge is 2.26. The molecule has 1 unspecified atom stereocenters. The Morgan fingerprint density at radius 2 is 2.11 bits per heavy atom. The summed E-state index contributed by atoms with van der Waals surface area (Å²) in [7, 11) is 0. The van der Waals surface area contributed by atoms with Crippen LogP contribution in [0, 0.1) is 11.7 Å². The van der Waals surface area contributed by atoms with E-state index in [1.807, 2.05) is 6.92 Å². The van der Waals surface area contributed by atoms with E-state index in [0.29, 0.717) is 10.9 Å². The van der Waals surface area contributed by atoms with E-state index in [1.165, 1.54) is 12.1 Å². The number of carboxylic acids is 1. The van der Waals surface area contributed by atoms with Gasteiger partial charge in [-0.2, -0.15) is 0 Å². The summed E-state index contributed by atoms with van der Waals surface area (Å²) in [5, 5.41) is 11.5. The first kappa shape index (κ1) is 15.6. The number of benzene rings is 1. The van der Waals surface area contributed by atoms with E-state index in [0.717, 1.165) is 6.07 Å². The van der Waals surface area contributed by atoms with Crippen LogP contribution in [0.3, 0.4) is 0 Å². The van der Waals surface area contributed by atoms with Crippen molar-refractivity contribution in [3.8, 4) is 0 Å². The number of aliphatic carboxylic acids is 1. The highest BCUT2D eigenvalue weighted by molar-refractivity contribution is 9.10. The second-order valence-electron chi connectivity index (χ2n) is 4.30. The van der Waals surface area contributed by atoms with E-state index in [4.69, 9.17) is 5.11 Å². The second-order valence-corrected chi connectivity index (χ2v) is 5.15. The first-order valence-corrected chi connectivity index (χ1v) is 6.64. The van der Waals surface area contributed by atoms with Crippen LogP contribution >= 0.6 is 15.9 Å². The van der Waals surface area contributed by atoms with E-state index in [2.05, 4.69) is 21.2 Å². The van der Waals surface area contributed by atoms with Crippen molar-refractivity contribution in [2.45, 2.75) is 26.3 Å². The Hall–Kier alpha value is -1.43. The van der Waals surface area contributed by atoms with Gasteiger partial charge in [-0.05, 0) is 40.0 Å². The average Bonchev–Trinajstić information content (AvgIpc) is 2.37. The maximum absolute atomic E-state index is 13.1. The summed E-state index contributed by atoms with van der Waals surface area (Å²) in [5.41, 5.74) is 0.0783. The molecule has 2 atom stereocenters. The number of halogens is 2. The predicted molar refractivity (Wildman–Crippen MR) is 72.4 cm³/mol. The third-order valence-electron chi connectivity index (χ3n) is 2.94. The maximum Gasteiger partial charge on any atom is 0.326 e. The monoisotopic (exact) mass is 331 g/mol. The Kier molecular flexibility index (Phi) is 5.47. The number of amides is 1. The number of carbonyl (C=O) groups is 2. The molecule has 0 radical (unpaired) electrons. The van der Waals surface area contributed by atoms with Crippen molar-refractivity contribution in [1.82, 2.24) is 5.32 Å². The molecule has 0 aliphatic rings. The molecule has 1 aromatic rings. The Morgan fingerprint density at radius 3 is 2.63 bits per heavy atom. The molecule has 1 amide bonds. The quantitative estimate of drug-likeness (QED) is 0.871. The van der Waals surface area contributed by atoms with Gasteiger partial charge in [0.25, 0.3) is 5.91 Å². The SMILES string of the molecule is CCC(C)[C@H](NC(=O)c1cc(F)ccc1Br)C(=O)O. The van der Waals surface area contributed by atoms with Gasteiger partial charge in [0.1, 0.15) is 11.9 Å². The number of hydrogen-bond donors (Lipinski definition) is 2. The van der Waals surface area contributed by atoms with Crippen LogP contribution in [-0.4, -0.2) is 23.0 Å². The summed E-state index contributed by atoms with van der Waals surface area (Å²) in [4.78, 5) is 23.1. The van der Waals surface area contributed by atoms with Crippen LogP contribution in [0.25, 0.3) is 0 Å². The molecule has 0 bridgehead atoms. The number of carboxylic acid groups (broad SMARTS) is 1. The van der Waals surface area contributed by atoms with Crippen molar-refractivity contribution in [3.63, 3.8) is 0 Å². The van der Waals surface area contributed by atoms with Gasteiger partial charge in [0.15, 0.2) is 0 Å². The zero-order valence-electron chi connectivity index (χ0n) is 10.6.